The van der Waals surface area contributed by atoms with E-state index in [2.05, 4.69) is 20.6 Å². The van der Waals surface area contributed by atoms with E-state index in [4.69, 9.17) is 11.6 Å². The number of nitrogens with one attached hydrogen (secondary N) is 1. The quantitative estimate of drug-likeness (QED) is 0.770. The maximum Gasteiger partial charge on any atom is 0.192 e. The molecule has 0 amide bonds. The molecule has 2 heterocycles. The van der Waals surface area contributed by atoms with Crippen molar-refractivity contribution >= 4 is 22.9 Å². The summed E-state index contributed by atoms with van der Waals surface area (Å²) >= 11 is 6.67. The monoisotopic (exact) mass is 204 g/mol. The number of hydrogen-bond acceptors (Lipinski definition) is 4. The highest BCUT2D eigenvalue weighted by Gasteiger charge is 2.12. The van der Waals surface area contributed by atoms with Gasteiger partial charge in [0.1, 0.15) is 10.7 Å². The molecule has 7 heteroatoms. The molecule has 0 spiro atoms. The Hall–Kier alpha value is -1.01. The molecule has 0 aliphatic heterocycles. The van der Waals surface area contributed by atoms with Crippen LogP contribution < -0.4 is 0 Å². The van der Waals surface area contributed by atoms with E-state index in [1.807, 2.05) is 0 Å². The topological polar surface area (TPSA) is 54.5 Å². The minimum absolute atomic E-state index is 0.296. The first-order valence-corrected chi connectivity index (χ1v) is 4.16. The summed E-state index contributed by atoms with van der Waals surface area (Å²) < 4.78 is 13.4. The van der Waals surface area contributed by atoms with Crippen LogP contribution in [0.2, 0.25) is 4.34 Å². The number of aromatic amines is 1. The van der Waals surface area contributed by atoms with E-state index < -0.39 is 5.82 Å². The lowest BCUT2D eigenvalue weighted by Crippen LogP contribution is -1.78. The van der Waals surface area contributed by atoms with Crippen LogP contribution in [0.3, 0.4) is 0 Å². The zero-order chi connectivity index (χ0) is 8.55. The number of halogens is 2. The average Bonchev–Trinajstić information content (AvgIpc) is 2.58. The third-order valence-electron chi connectivity index (χ3n) is 1.22. The third kappa shape index (κ3) is 1.19. The van der Waals surface area contributed by atoms with Gasteiger partial charge in [0.05, 0.1) is 4.34 Å². The molecule has 0 saturated carbocycles. The van der Waals surface area contributed by atoms with Gasteiger partial charge in [-0.15, -0.1) is 16.4 Å². The van der Waals surface area contributed by atoms with Gasteiger partial charge in [0.2, 0.25) is 0 Å². The fourth-order valence-electron chi connectivity index (χ4n) is 0.758. The SMILES string of the molecule is Fc1cc(Cl)sc1-c1nnn[nH]1. The molecule has 2 rings (SSSR count). The standard InChI is InChI=1S/C5H2ClFN4S/c6-3-1-2(7)4(12-3)5-8-10-11-9-5/h1H,(H,8,9,10,11). The number of rotatable bonds is 1. The van der Waals surface area contributed by atoms with Gasteiger partial charge >= 0.3 is 0 Å². The smallest absolute Gasteiger partial charge is 0.192 e. The fraction of sp³-hybridized carbons (Fsp3) is 0. The normalized spacial score (nSPS) is 10.5. The first-order valence-electron chi connectivity index (χ1n) is 2.96. The maximum atomic E-state index is 13.0. The van der Waals surface area contributed by atoms with Crippen molar-refractivity contribution < 1.29 is 4.39 Å². The molecule has 2 aromatic heterocycles. The lowest BCUT2D eigenvalue weighted by Gasteiger charge is -1.85. The second kappa shape index (κ2) is 2.80. The number of H-pyrrole nitrogens is 1. The van der Waals surface area contributed by atoms with Crippen molar-refractivity contribution in [1.29, 1.82) is 0 Å². The van der Waals surface area contributed by atoms with E-state index in [1.165, 1.54) is 6.07 Å². The Morgan fingerprint density at radius 2 is 2.42 bits per heavy atom. The minimum Gasteiger partial charge on any atom is -0.238 e. The van der Waals surface area contributed by atoms with Crippen molar-refractivity contribution in [1.82, 2.24) is 20.6 Å². The van der Waals surface area contributed by atoms with Gasteiger partial charge in [0, 0.05) is 6.07 Å². The lowest BCUT2D eigenvalue weighted by atomic mass is 10.4. The van der Waals surface area contributed by atoms with Gasteiger partial charge in [-0.25, -0.2) is 9.49 Å². The predicted octanol–water partition coefficient (Wildman–Crippen LogP) is 1.72. The van der Waals surface area contributed by atoms with E-state index in [0.29, 0.717) is 15.0 Å². The minimum atomic E-state index is -0.413. The van der Waals surface area contributed by atoms with Gasteiger partial charge < -0.3 is 0 Å². The zero-order valence-corrected chi connectivity index (χ0v) is 7.16. The largest absolute Gasteiger partial charge is 0.238 e. The van der Waals surface area contributed by atoms with Crippen molar-refractivity contribution in [3.63, 3.8) is 0 Å². The van der Waals surface area contributed by atoms with Gasteiger partial charge in [-0.05, 0) is 10.4 Å². The van der Waals surface area contributed by atoms with E-state index in [0.717, 1.165) is 11.3 Å². The molecule has 0 aromatic carbocycles. The van der Waals surface area contributed by atoms with Crippen LogP contribution in [-0.2, 0) is 0 Å². The molecule has 0 fully saturated rings. The van der Waals surface area contributed by atoms with Crippen molar-refractivity contribution in [3.8, 4) is 10.7 Å². The summed E-state index contributed by atoms with van der Waals surface area (Å²) in [5.74, 6) is -0.118. The van der Waals surface area contributed by atoms with E-state index in [1.54, 1.807) is 0 Å². The van der Waals surface area contributed by atoms with Crippen LogP contribution in [-0.4, -0.2) is 20.6 Å². The number of aromatic nitrogens is 4. The molecule has 0 bridgehead atoms. The summed E-state index contributed by atoms with van der Waals surface area (Å²) in [6, 6.07) is 1.23. The Kier molecular flexibility index (Phi) is 1.78. The molecule has 0 radical (unpaired) electrons. The van der Waals surface area contributed by atoms with Crippen molar-refractivity contribution in [3.05, 3.63) is 16.2 Å². The average molecular weight is 205 g/mol. The number of tetrazole rings is 1. The van der Waals surface area contributed by atoms with Gasteiger partial charge in [-0.2, -0.15) is 0 Å². The Morgan fingerprint density at radius 3 is 2.92 bits per heavy atom. The first kappa shape index (κ1) is 7.63. The van der Waals surface area contributed by atoms with Crippen molar-refractivity contribution in [2.45, 2.75) is 0 Å². The Morgan fingerprint density at radius 1 is 1.58 bits per heavy atom. The Bertz CT molecular complexity index is 384. The molecule has 0 unspecified atom stereocenters. The molecule has 0 aliphatic carbocycles. The van der Waals surface area contributed by atoms with Crippen LogP contribution in [0.4, 0.5) is 4.39 Å². The van der Waals surface area contributed by atoms with E-state index in [-0.39, 0.29) is 0 Å². The molecule has 2 aromatic rings. The van der Waals surface area contributed by atoms with Gasteiger partial charge in [0.25, 0.3) is 0 Å². The maximum absolute atomic E-state index is 13.0. The number of thiophene rings is 1. The molecular formula is C5H2ClFN4S. The molecule has 0 atom stereocenters. The van der Waals surface area contributed by atoms with Crippen LogP contribution >= 0.6 is 22.9 Å². The fourth-order valence-corrected chi connectivity index (χ4v) is 1.78. The lowest BCUT2D eigenvalue weighted by molar-refractivity contribution is 0.635. The summed E-state index contributed by atoms with van der Waals surface area (Å²) in [5.41, 5.74) is 0. The highest BCUT2D eigenvalue weighted by molar-refractivity contribution is 7.19. The second-order valence-electron chi connectivity index (χ2n) is 1.98. The Balaban J connectivity index is 2.54. The second-order valence-corrected chi connectivity index (χ2v) is 3.66. The molecule has 0 saturated heterocycles. The van der Waals surface area contributed by atoms with Gasteiger partial charge in [0.15, 0.2) is 5.82 Å². The zero-order valence-electron chi connectivity index (χ0n) is 5.58. The van der Waals surface area contributed by atoms with Crippen molar-refractivity contribution in [2.75, 3.05) is 0 Å². The van der Waals surface area contributed by atoms with Gasteiger partial charge in [-0.3, -0.25) is 0 Å². The number of hydrogen-bond donors (Lipinski definition) is 1. The molecule has 4 nitrogen and oxygen atoms in total. The summed E-state index contributed by atoms with van der Waals surface area (Å²) in [5, 5.41) is 12.7. The summed E-state index contributed by atoms with van der Waals surface area (Å²) in [6.07, 6.45) is 0. The van der Waals surface area contributed by atoms with Crippen LogP contribution in [0.25, 0.3) is 10.7 Å². The van der Waals surface area contributed by atoms with Crippen LogP contribution in [0, 0.1) is 5.82 Å². The molecule has 12 heavy (non-hydrogen) atoms. The summed E-state index contributed by atoms with van der Waals surface area (Å²) in [4.78, 5) is 0.324. The predicted molar refractivity (Wildman–Crippen MR) is 42.5 cm³/mol. The van der Waals surface area contributed by atoms with Crippen LogP contribution in [0.1, 0.15) is 0 Å². The molecule has 1 N–H and O–H groups in total. The summed E-state index contributed by atoms with van der Waals surface area (Å²) in [6.45, 7) is 0. The highest BCUT2D eigenvalue weighted by Crippen LogP contribution is 2.31. The van der Waals surface area contributed by atoms with E-state index >= 15 is 0 Å². The first-order chi connectivity index (χ1) is 5.77. The molecule has 62 valence electrons. The molecule has 0 aliphatic rings. The molecular weight excluding hydrogens is 203 g/mol. The number of nitrogens with zero attached hydrogens (tertiary/aromatic N) is 3. The van der Waals surface area contributed by atoms with Crippen LogP contribution in [0.15, 0.2) is 6.07 Å². The van der Waals surface area contributed by atoms with E-state index in [9.17, 15) is 4.39 Å². The summed E-state index contributed by atoms with van der Waals surface area (Å²) in [7, 11) is 0. The van der Waals surface area contributed by atoms with Crippen LogP contribution in [0.5, 0.6) is 0 Å². The third-order valence-corrected chi connectivity index (χ3v) is 2.46. The highest BCUT2D eigenvalue weighted by atomic mass is 35.5. The Labute approximate surface area is 75.4 Å². The van der Waals surface area contributed by atoms with Crippen molar-refractivity contribution in [2.24, 2.45) is 0 Å². The van der Waals surface area contributed by atoms with Gasteiger partial charge in [-0.1, -0.05) is 11.6 Å².